The van der Waals surface area contributed by atoms with E-state index in [4.69, 9.17) is 4.98 Å². The predicted octanol–water partition coefficient (Wildman–Crippen LogP) is 7.39. The summed E-state index contributed by atoms with van der Waals surface area (Å²) in [6.45, 7) is 11.8. The number of hydrogen-bond donors (Lipinski definition) is 0. The Morgan fingerprint density at radius 3 is 2.03 bits per heavy atom. The molecule has 34 heavy (non-hydrogen) atoms. The summed E-state index contributed by atoms with van der Waals surface area (Å²) < 4.78 is 2.33. The molecule has 0 fully saturated rings. The molecule has 0 aliphatic carbocycles. The van der Waals surface area contributed by atoms with Crippen molar-refractivity contribution in [3.05, 3.63) is 90.6 Å². The summed E-state index contributed by atoms with van der Waals surface area (Å²) in [6.07, 6.45) is 3.22. The Bertz CT molecular complexity index is 1390. The number of hydrogen-bond acceptors (Lipinski definition) is 1. The van der Waals surface area contributed by atoms with Gasteiger partial charge in [-0.1, -0.05) is 81.5 Å². The van der Waals surface area contributed by atoms with Crippen molar-refractivity contribution in [3.63, 3.8) is 0 Å². The molecule has 2 nitrogen and oxygen atoms in total. The van der Waals surface area contributed by atoms with Gasteiger partial charge in [0.15, 0.2) is 0 Å². The molecule has 0 amide bonds. The minimum Gasteiger partial charge on any atom is -0.351 e. The number of nitrogens with zero attached hydrogens (tertiary/aromatic N) is 2. The predicted molar refractivity (Wildman–Crippen MR) is 144 cm³/mol. The largest absolute Gasteiger partial charge is 0.351 e. The van der Waals surface area contributed by atoms with Crippen molar-refractivity contribution in [2.24, 2.45) is 5.92 Å². The van der Waals surface area contributed by atoms with Crippen LogP contribution in [0.5, 0.6) is 0 Å². The molecule has 1 radical (unpaired) electrons. The fourth-order valence-electron chi connectivity index (χ4n) is 4.84. The van der Waals surface area contributed by atoms with Crippen molar-refractivity contribution in [3.8, 4) is 16.9 Å². The Morgan fingerprint density at radius 2 is 1.50 bits per heavy atom. The fraction of sp³-hybridized carbons (Fsp3) is 0.233. The molecule has 4 heteroatoms. The maximum Gasteiger partial charge on any atom is 0.0798 e. The molecule has 175 valence electrons. The van der Waals surface area contributed by atoms with Gasteiger partial charge in [-0.05, 0) is 41.0 Å². The van der Waals surface area contributed by atoms with Crippen LogP contribution in [-0.2, 0) is 26.5 Å². The Labute approximate surface area is 217 Å². The third kappa shape index (κ3) is 4.55. The normalized spacial score (nSPS) is 11.8. The van der Waals surface area contributed by atoms with Crippen LogP contribution in [0.1, 0.15) is 19.4 Å². The van der Waals surface area contributed by atoms with E-state index in [0.29, 0.717) is 5.92 Å². The maximum absolute atomic E-state index is 4.87. The van der Waals surface area contributed by atoms with Crippen molar-refractivity contribution in [1.82, 2.24) is 9.55 Å². The molecule has 2 aromatic heterocycles. The van der Waals surface area contributed by atoms with Gasteiger partial charge >= 0.3 is 0 Å². The Morgan fingerprint density at radius 1 is 0.882 bits per heavy atom. The molecule has 0 spiro atoms. The average molecular weight is 640 g/mol. The van der Waals surface area contributed by atoms with Gasteiger partial charge in [0.25, 0.3) is 0 Å². The van der Waals surface area contributed by atoms with E-state index in [1.807, 2.05) is 0 Å². The zero-order valence-electron chi connectivity index (χ0n) is 20.5. The van der Waals surface area contributed by atoms with E-state index in [9.17, 15) is 0 Å². The Hall–Kier alpha value is -2.52. The molecule has 0 aliphatic rings. The zero-order valence-corrected chi connectivity index (χ0v) is 23.9. The first-order valence-electron chi connectivity index (χ1n) is 11.8. The summed E-state index contributed by atoms with van der Waals surface area (Å²) in [5.74, 6) is 0.622. The van der Waals surface area contributed by atoms with Crippen molar-refractivity contribution in [2.75, 3.05) is 0 Å². The summed E-state index contributed by atoms with van der Waals surface area (Å²) in [7, 11) is -1.44. The van der Waals surface area contributed by atoms with Crippen molar-refractivity contribution in [2.45, 2.75) is 39.9 Å². The van der Waals surface area contributed by atoms with Gasteiger partial charge in [0.1, 0.15) is 0 Å². The Kier molecular flexibility index (Phi) is 6.96. The summed E-state index contributed by atoms with van der Waals surface area (Å²) in [5, 5.41) is 4.03. The molecule has 0 unspecified atom stereocenters. The SMILES string of the molecule is CC(C)Cc1cc(-c2[c-]cc(-n3c4ccccc4c4ccccc43)cc2)ncc1[Si](C)(C)C.[Ir]. The van der Waals surface area contributed by atoms with Gasteiger partial charge in [0.2, 0.25) is 0 Å². The van der Waals surface area contributed by atoms with Crippen LogP contribution in [0.25, 0.3) is 38.8 Å². The third-order valence-corrected chi connectivity index (χ3v) is 8.40. The van der Waals surface area contributed by atoms with Crippen molar-refractivity contribution in [1.29, 1.82) is 0 Å². The molecule has 0 atom stereocenters. The molecule has 0 saturated heterocycles. The van der Waals surface area contributed by atoms with E-state index < -0.39 is 8.07 Å². The van der Waals surface area contributed by atoms with Gasteiger partial charge in [-0.15, -0.1) is 29.8 Å². The first kappa shape index (κ1) is 24.6. The molecular weight excluding hydrogens is 609 g/mol. The van der Waals surface area contributed by atoms with Crippen LogP contribution in [0.15, 0.2) is 79.0 Å². The van der Waals surface area contributed by atoms with E-state index in [1.54, 1.807) is 0 Å². The van der Waals surface area contributed by atoms with Crippen molar-refractivity contribution >= 4 is 35.1 Å². The monoisotopic (exact) mass is 640 g/mol. The number of fused-ring (bicyclic) bond motifs is 3. The number of benzene rings is 3. The number of aromatic nitrogens is 2. The van der Waals surface area contributed by atoms with E-state index in [0.717, 1.165) is 23.4 Å². The number of para-hydroxylation sites is 2. The second-order valence-electron chi connectivity index (χ2n) is 10.4. The van der Waals surface area contributed by atoms with Crippen LogP contribution in [0.3, 0.4) is 0 Å². The fourth-order valence-corrected chi connectivity index (χ4v) is 6.43. The maximum atomic E-state index is 4.87. The van der Waals surface area contributed by atoms with Gasteiger partial charge in [-0.3, -0.25) is 0 Å². The van der Waals surface area contributed by atoms with Gasteiger partial charge in [0.05, 0.1) is 8.07 Å². The molecule has 2 heterocycles. The number of rotatable bonds is 5. The second kappa shape index (κ2) is 9.62. The van der Waals surface area contributed by atoms with Crippen LogP contribution in [0, 0.1) is 12.0 Å². The number of pyridine rings is 1. The molecule has 3 aromatic carbocycles. The van der Waals surface area contributed by atoms with E-state index in [2.05, 4.69) is 123 Å². The summed E-state index contributed by atoms with van der Waals surface area (Å²) >= 11 is 0. The topological polar surface area (TPSA) is 17.8 Å². The van der Waals surface area contributed by atoms with Gasteiger partial charge in [0, 0.05) is 48.1 Å². The van der Waals surface area contributed by atoms with E-state index >= 15 is 0 Å². The van der Waals surface area contributed by atoms with Crippen LogP contribution >= 0.6 is 0 Å². The van der Waals surface area contributed by atoms with Crippen LogP contribution in [-0.4, -0.2) is 17.6 Å². The molecule has 5 aromatic rings. The van der Waals surface area contributed by atoms with Gasteiger partial charge in [-0.25, -0.2) is 0 Å². The molecule has 5 rings (SSSR count). The zero-order chi connectivity index (χ0) is 23.2. The van der Waals surface area contributed by atoms with Crippen molar-refractivity contribution < 1.29 is 20.1 Å². The smallest absolute Gasteiger partial charge is 0.0798 e. The minimum absolute atomic E-state index is 0. The molecule has 0 saturated carbocycles. The average Bonchev–Trinajstić information content (AvgIpc) is 3.12. The first-order valence-corrected chi connectivity index (χ1v) is 15.3. The summed E-state index contributed by atoms with van der Waals surface area (Å²) in [5.41, 5.74) is 7.08. The van der Waals surface area contributed by atoms with E-state index in [-0.39, 0.29) is 20.1 Å². The summed E-state index contributed by atoms with van der Waals surface area (Å²) in [6, 6.07) is 29.5. The molecule has 0 aliphatic heterocycles. The molecule has 0 bridgehead atoms. The van der Waals surface area contributed by atoms with Gasteiger partial charge in [-0.2, -0.15) is 0 Å². The molecule has 0 N–H and O–H groups in total. The third-order valence-electron chi connectivity index (χ3n) is 6.34. The Balaban J connectivity index is 0.00000274. The first-order chi connectivity index (χ1) is 15.8. The standard InChI is InChI=1S/C30H31N2Si.Ir/c1-21(2)18-23-19-27(31-20-30(23)33(3,4)5)22-14-16-24(17-15-22)32-28-12-8-6-10-25(28)26-11-7-9-13-29(26)32;/h6-14,16-17,19-21H,18H2,1-5H3;/q-1;. The minimum atomic E-state index is -1.44. The van der Waals surface area contributed by atoms with Crippen LogP contribution in [0.2, 0.25) is 19.6 Å². The van der Waals surface area contributed by atoms with Gasteiger partial charge < -0.3 is 9.55 Å². The van der Waals surface area contributed by atoms with Crippen LogP contribution < -0.4 is 5.19 Å². The van der Waals surface area contributed by atoms with E-state index in [1.165, 1.54) is 32.6 Å². The summed E-state index contributed by atoms with van der Waals surface area (Å²) in [4.78, 5) is 4.87. The quantitative estimate of drug-likeness (QED) is 0.145. The van der Waals surface area contributed by atoms with Crippen LogP contribution in [0.4, 0.5) is 0 Å². The second-order valence-corrected chi connectivity index (χ2v) is 15.4. The molecular formula is C30H31IrN2Si-.